The van der Waals surface area contributed by atoms with Crippen molar-refractivity contribution >= 4 is 17.6 Å². The Morgan fingerprint density at radius 1 is 1.19 bits per heavy atom. The molecule has 0 bridgehead atoms. The van der Waals surface area contributed by atoms with Crippen molar-refractivity contribution in [3.8, 4) is 17.7 Å². The largest absolute Gasteiger partial charge is 0.438 e. The maximum Gasteiger partial charge on any atom is 0.269 e. The molecule has 0 unspecified atom stereocenters. The van der Waals surface area contributed by atoms with E-state index in [1.54, 1.807) is 36.5 Å². The fraction of sp³-hybridized carbons (Fsp3) is 0.280. The minimum atomic E-state index is -0.488. The van der Waals surface area contributed by atoms with Crippen LogP contribution in [0.3, 0.4) is 0 Å². The minimum absolute atomic E-state index is 0.0447. The number of benzene rings is 1. The van der Waals surface area contributed by atoms with Crippen molar-refractivity contribution in [2.75, 3.05) is 0 Å². The lowest BCUT2D eigenvalue weighted by Crippen LogP contribution is -2.36. The predicted octanol–water partition coefficient (Wildman–Crippen LogP) is 4.15. The van der Waals surface area contributed by atoms with E-state index in [1.807, 2.05) is 25.1 Å². The topological polar surface area (TPSA) is 96.5 Å². The van der Waals surface area contributed by atoms with Gasteiger partial charge < -0.3 is 10.1 Å². The Balaban J connectivity index is 1.75. The van der Waals surface area contributed by atoms with Crippen molar-refractivity contribution in [3.05, 3.63) is 75.7 Å². The Hall–Kier alpha value is -3.92. The monoisotopic (exact) mass is 428 g/mol. The Morgan fingerprint density at radius 3 is 2.66 bits per heavy atom. The maximum atomic E-state index is 13.2. The summed E-state index contributed by atoms with van der Waals surface area (Å²) in [7, 11) is 0. The van der Waals surface area contributed by atoms with Crippen LogP contribution in [-0.4, -0.2) is 21.3 Å². The van der Waals surface area contributed by atoms with Gasteiger partial charge in [-0.2, -0.15) is 10.2 Å². The molecule has 1 aliphatic rings. The number of nitrogens with zero attached hydrogens (tertiary/aromatic N) is 3. The number of carbonyl (C=O) groups excluding carboxylic acids is 1. The van der Waals surface area contributed by atoms with Gasteiger partial charge in [0.2, 0.25) is 5.88 Å². The molecule has 0 spiro atoms. The molecule has 3 aromatic rings. The van der Waals surface area contributed by atoms with E-state index in [2.05, 4.69) is 10.3 Å². The van der Waals surface area contributed by atoms with Crippen molar-refractivity contribution in [1.29, 1.82) is 5.26 Å². The molecule has 2 heterocycles. The standard InChI is InChI=1S/C25H24N4O3/c1-17-10-12-20(13-11-17)32-24-21(25(31)29-14-6-5-9-22(29)28-24)15-18(16-26)23(30)27-19-7-3-2-4-8-19/h5-6,9-15,19H,2-4,7-8H2,1H3,(H,27,30). The molecule has 7 heteroatoms. The van der Waals surface area contributed by atoms with Gasteiger partial charge in [-0.15, -0.1) is 0 Å². The lowest BCUT2D eigenvalue weighted by atomic mass is 9.95. The average Bonchev–Trinajstić information content (AvgIpc) is 2.81. The summed E-state index contributed by atoms with van der Waals surface area (Å²) in [5, 5.41) is 12.6. The third-order valence-corrected chi connectivity index (χ3v) is 5.56. The van der Waals surface area contributed by atoms with E-state index in [0.29, 0.717) is 11.4 Å². The number of fused-ring (bicyclic) bond motifs is 1. The molecule has 2 aromatic heterocycles. The van der Waals surface area contributed by atoms with Gasteiger partial charge in [-0.25, -0.2) is 0 Å². The average molecular weight is 428 g/mol. The van der Waals surface area contributed by atoms with Crippen LogP contribution in [0.5, 0.6) is 11.6 Å². The van der Waals surface area contributed by atoms with E-state index in [-0.39, 0.29) is 23.1 Å². The summed E-state index contributed by atoms with van der Waals surface area (Å²) < 4.78 is 7.28. The van der Waals surface area contributed by atoms with Crippen LogP contribution in [0.15, 0.2) is 59.0 Å². The number of aryl methyl sites for hydroxylation is 1. The fourth-order valence-corrected chi connectivity index (χ4v) is 3.80. The maximum absolute atomic E-state index is 13.2. The van der Waals surface area contributed by atoms with E-state index >= 15 is 0 Å². The van der Waals surface area contributed by atoms with Crippen molar-refractivity contribution in [2.24, 2.45) is 0 Å². The van der Waals surface area contributed by atoms with Crippen LogP contribution >= 0.6 is 0 Å². The van der Waals surface area contributed by atoms with Gasteiger partial charge in [-0.3, -0.25) is 14.0 Å². The Labute approximate surface area is 186 Å². The number of hydrogen-bond acceptors (Lipinski definition) is 5. The molecule has 1 aromatic carbocycles. The van der Waals surface area contributed by atoms with E-state index in [4.69, 9.17) is 4.74 Å². The van der Waals surface area contributed by atoms with Crippen molar-refractivity contribution in [3.63, 3.8) is 0 Å². The summed E-state index contributed by atoms with van der Waals surface area (Å²) in [4.78, 5) is 30.4. The highest BCUT2D eigenvalue weighted by molar-refractivity contribution is 6.02. The van der Waals surface area contributed by atoms with Crippen LogP contribution in [0, 0.1) is 18.3 Å². The summed E-state index contributed by atoms with van der Waals surface area (Å²) in [6.45, 7) is 1.96. The van der Waals surface area contributed by atoms with Crippen LogP contribution in [0.1, 0.15) is 43.2 Å². The van der Waals surface area contributed by atoms with Gasteiger partial charge in [0.25, 0.3) is 11.5 Å². The zero-order valence-electron chi connectivity index (χ0n) is 17.9. The molecule has 7 nitrogen and oxygen atoms in total. The highest BCUT2D eigenvalue weighted by Gasteiger charge is 2.20. The van der Waals surface area contributed by atoms with Gasteiger partial charge >= 0.3 is 0 Å². The SMILES string of the molecule is Cc1ccc(Oc2nc3ccccn3c(=O)c2C=C(C#N)C(=O)NC2CCCCC2)cc1. The number of pyridine rings is 1. The molecule has 0 saturated heterocycles. The molecule has 0 radical (unpaired) electrons. The van der Waals surface area contributed by atoms with Crippen molar-refractivity contribution < 1.29 is 9.53 Å². The normalized spacial score (nSPS) is 14.7. The molecular formula is C25H24N4O3. The van der Waals surface area contributed by atoms with Crippen LogP contribution < -0.4 is 15.6 Å². The summed E-state index contributed by atoms with van der Waals surface area (Å²) >= 11 is 0. The first-order chi connectivity index (χ1) is 15.5. The number of hydrogen-bond donors (Lipinski definition) is 1. The second kappa shape index (κ2) is 9.48. The molecule has 0 aliphatic heterocycles. The molecule has 162 valence electrons. The highest BCUT2D eigenvalue weighted by atomic mass is 16.5. The molecule has 1 amide bonds. The minimum Gasteiger partial charge on any atom is -0.438 e. The molecule has 1 fully saturated rings. The molecule has 4 rings (SSSR count). The van der Waals surface area contributed by atoms with Gasteiger partial charge in [0.05, 0.1) is 0 Å². The molecular weight excluding hydrogens is 404 g/mol. The van der Waals surface area contributed by atoms with Crippen molar-refractivity contribution in [2.45, 2.75) is 45.1 Å². The number of ether oxygens (including phenoxy) is 1. The van der Waals surface area contributed by atoms with Crippen LogP contribution in [0.2, 0.25) is 0 Å². The Kier molecular flexibility index (Phi) is 6.31. The molecule has 1 aliphatic carbocycles. The van der Waals surface area contributed by atoms with Crippen molar-refractivity contribution in [1.82, 2.24) is 14.7 Å². The van der Waals surface area contributed by atoms with Gasteiger partial charge in [0.1, 0.15) is 28.6 Å². The summed E-state index contributed by atoms with van der Waals surface area (Å²) in [5.74, 6) is 0.0594. The van der Waals surface area contributed by atoms with E-state index in [0.717, 1.165) is 37.7 Å². The molecule has 32 heavy (non-hydrogen) atoms. The first kappa shape index (κ1) is 21.3. The second-order valence-corrected chi connectivity index (χ2v) is 7.96. The van der Waals surface area contributed by atoms with Gasteiger partial charge in [-0.05, 0) is 50.1 Å². The summed E-state index contributed by atoms with van der Waals surface area (Å²) in [5.41, 5.74) is 0.941. The number of nitrogens with one attached hydrogen (secondary N) is 1. The molecule has 1 saturated carbocycles. The third-order valence-electron chi connectivity index (χ3n) is 5.56. The van der Waals surface area contributed by atoms with Gasteiger partial charge in [0.15, 0.2) is 0 Å². The highest BCUT2D eigenvalue weighted by Crippen LogP contribution is 2.24. The fourth-order valence-electron chi connectivity index (χ4n) is 3.80. The van der Waals surface area contributed by atoms with Gasteiger partial charge in [-0.1, -0.05) is 43.0 Å². The second-order valence-electron chi connectivity index (χ2n) is 7.96. The van der Waals surface area contributed by atoms with E-state index in [1.165, 1.54) is 10.5 Å². The third kappa shape index (κ3) is 4.70. The first-order valence-corrected chi connectivity index (χ1v) is 10.7. The number of aromatic nitrogens is 2. The molecule has 1 N–H and O–H groups in total. The number of amides is 1. The lowest BCUT2D eigenvalue weighted by Gasteiger charge is -2.22. The summed E-state index contributed by atoms with van der Waals surface area (Å²) in [6, 6.07) is 14.5. The van der Waals surface area contributed by atoms with E-state index in [9.17, 15) is 14.9 Å². The smallest absolute Gasteiger partial charge is 0.269 e. The lowest BCUT2D eigenvalue weighted by molar-refractivity contribution is -0.117. The Morgan fingerprint density at radius 2 is 1.94 bits per heavy atom. The zero-order chi connectivity index (χ0) is 22.5. The quantitative estimate of drug-likeness (QED) is 0.486. The molecule has 0 atom stereocenters. The van der Waals surface area contributed by atoms with E-state index < -0.39 is 11.5 Å². The Bertz CT molecular complexity index is 1260. The zero-order valence-corrected chi connectivity index (χ0v) is 17.9. The number of carbonyl (C=O) groups is 1. The van der Waals surface area contributed by atoms with Crippen LogP contribution in [0.4, 0.5) is 0 Å². The number of rotatable bonds is 5. The predicted molar refractivity (Wildman–Crippen MR) is 121 cm³/mol. The van der Waals surface area contributed by atoms with Crippen LogP contribution in [-0.2, 0) is 4.79 Å². The van der Waals surface area contributed by atoms with Crippen LogP contribution in [0.25, 0.3) is 11.7 Å². The number of nitriles is 1. The van der Waals surface area contributed by atoms with Gasteiger partial charge in [0, 0.05) is 12.2 Å². The first-order valence-electron chi connectivity index (χ1n) is 10.7. The summed E-state index contributed by atoms with van der Waals surface area (Å²) in [6.07, 6.45) is 7.93.